The summed E-state index contributed by atoms with van der Waals surface area (Å²) in [4.78, 5) is 30.0. The molecule has 1 N–H and O–H groups in total. The van der Waals surface area contributed by atoms with Crippen LogP contribution in [0.1, 0.15) is 65.5 Å². The fourth-order valence-electron chi connectivity index (χ4n) is 2.57. The maximum atomic E-state index is 12.5. The van der Waals surface area contributed by atoms with Crippen LogP contribution in [0.4, 0.5) is 0 Å². The maximum absolute atomic E-state index is 12.5. The predicted octanol–water partition coefficient (Wildman–Crippen LogP) is 3.79. The zero-order valence-corrected chi connectivity index (χ0v) is 15.6. The molecule has 2 heterocycles. The van der Waals surface area contributed by atoms with Gasteiger partial charge in [-0.3, -0.25) is 4.79 Å². The fraction of sp³-hybridized carbons (Fsp3) is 0.500. The van der Waals surface area contributed by atoms with Crippen molar-refractivity contribution in [3.63, 3.8) is 0 Å². The Balaban J connectivity index is 2.17. The molecule has 0 radical (unpaired) electrons. The van der Waals surface area contributed by atoms with E-state index in [4.69, 9.17) is 4.42 Å². The molecule has 6 heteroatoms. The topological polar surface area (TPSA) is 72.2 Å². The van der Waals surface area contributed by atoms with E-state index in [0.29, 0.717) is 23.7 Å². The van der Waals surface area contributed by atoms with Crippen molar-refractivity contribution in [3.05, 3.63) is 49.5 Å². The first-order chi connectivity index (χ1) is 11.3. The van der Waals surface area contributed by atoms with Crippen LogP contribution < -0.4 is 10.9 Å². The van der Waals surface area contributed by atoms with E-state index in [1.807, 2.05) is 13.8 Å². The third kappa shape index (κ3) is 4.32. The highest BCUT2D eigenvalue weighted by Crippen LogP contribution is 2.19. The zero-order chi connectivity index (χ0) is 17.9. The summed E-state index contributed by atoms with van der Waals surface area (Å²) in [6.45, 7) is 9.82. The molecule has 0 aliphatic heterocycles. The summed E-state index contributed by atoms with van der Waals surface area (Å²) < 4.78 is 5.33. The molecule has 0 aliphatic rings. The first-order valence-corrected chi connectivity index (χ1v) is 9.02. The lowest BCUT2D eigenvalue weighted by molar-refractivity contribution is 0.0934. The Morgan fingerprint density at radius 2 is 2.04 bits per heavy atom. The third-order valence-electron chi connectivity index (χ3n) is 3.93. The van der Waals surface area contributed by atoms with E-state index in [9.17, 15) is 9.59 Å². The molecule has 2 rings (SSSR count). The van der Waals surface area contributed by atoms with Crippen LogP contribution in [-0.4, -0.2) is 10.9 Å². The van der Waals surface area contributed by atoms with Gasteiger partial charge in [-0.05, 0) is 44.7 Å². The average Bonchev–Trinajstić information content (AvgIpc) is 2.90. The van der Waals surface area contributed by atoms with Gasteiger partial charge in [-0.1, -0.05) is 13.8 Å². The largest absolute Gasteiger partial charge is 0.427 e. The second kappa shape index (κ2) is 7.75. The van der Waals surface area contributed by atoms with Crippen LogP contribution in [0, 0.1) is 19.8 Å². The quantitative estimate of drug-likeness (QED) is 0.862. The monoisotopic (exact) mass is 348 g/mol. The van der Waals surface area contributed by atoms with Crippen molar-refractivity contribution in [1.82, 2.24) is 10.3 Å². The minimum Gasteiger partial charge on any atom is -0.427 e. The molecule has 0 bridgehead atoms. The molecule has 0 aliphatic carbocycles. The van der Waals surface area contributed by atoms with Crippen LogP contribution in [-0.2, 0) is 6.42 Å². The molecule has 1 atom stereocenters. The number of carbonyl (C=O) groups excluding carboxylic acids is 1. The van der Waals surface area contributed by atoms with Crippen LogP contribution in [0.3, 0.4) is 0 Å². The Kier molecular flexibility index (Phi) is 5.94. The van der Waals surface area contributed by atoms with Gasteiger partial charge in [-0.25, -0.2) is 9.78 Å². The minimum atomic E-state index is -0.576. The zero-order valence-electron chi connectivity index (χ0n) is 14.8. The first kappa shape index (κ1) is 18.4. The highest BCUT2D eigenvalue weighted by molar-refractivity contribution is 7.09. The summed E-state index contributed by atoms with van der Waals surface area (Å²) >= 11 is 1.53. The summed E-state index contributed by atoms with van der Waals surface area (Å²) in [5.74, 6) is 0.739. The third-order valence-corrected chi connectivity index (χ3v) is 4.71. The Morgan fingerprint density at radius 1 is 1.33 bits per heavy atom. The number of thiazole rings is 1. The van der Waals surface area contributed by atoms with E-state index in [-0.39, 0.29) is 11.6 Å². The maximum Gasteiger partial charge on any atom is 0.349 e. The Morgan fingerprint density at radius 3 is 2.58 bits per heavy atom. The molecule has 0 aromatic carbocycles. The van der Waals surface area contributed by atoms with E-state index in [1.54, 1.807) is 18.5 Å². The van der Waals surface area contributed by atoms with Gasteiger partial charge in [-0.2, -0.15) is 0 Å². The van der Waals surface area contributed by atoms with Crippen LogP contribution in [0.25, 0.3) is 0 Å². The molecule has 0 spiro atoms. The van der Waals surface area contributed by atoms with Crippen molar-refractivity contribution in [2.24, 2.45) is 5.92 Å². The molecule has 0 fully saturated rings. The molecule has 24 heavy (non-hydrogen) atoms. The van der Waals surface area contributed by atoms with Crippen LogP contribution >= 0.6 is 11.3 Å². The van der Waals surface area contributed by atoms with Crippen molar-refractivity contribution in [2.45, 2.75) is 53.5 Å². The van der Waals surface area contributed by atoms with Crippen LogP contribution in [0.2, 0.25) is 0 Å². The van der Waals surface area contributed by atoms with E-state index in [2.05, 4.69) is 24.1 Å². The number of amides is 1. The smallest absolute Gasteiger partial charge is 0.349 e. The number of nitrogens with zero attached hydrogens (tertiary/aromatic N) is 1. The van der Waals surface area contributed by atoms with Crippen molar-refractivity contribution in [2.75, 3.05) is 0 Å². The van der Waals surface area contributed by atoms with Crippen molar-refractivity contribution in [1.29, 1.82) is 0 Å². The number of nitrogens with one attached hydrogen (secondary N) is 1. The van der Waals surface area contributed by atoms with Crippen LogP contribution in [0.15, 0.2) is 20.8 Å². The van der Waals surface area contributed by atoms with Gasteiger partial charge in [0, 0.05) is 11.3 Å². The normalized spacial score (nSPS) is 12.4. The minimum absolute atomic E-state index is 0.0722. The summed E-state index contributed by atoms with van der Waals surface area (Å²) in [6.07, 6.45) is 1.64. The van der Waals surface area contributed by atoms with Gasteiger partial charge in [0.05, 0.1) is 17.2 Å². The highest BCUT2D eigenvalue weighted by Gasteiger charge is 2.20. The number of rotatable bonds is 6. The van der Waals surface area contributed by atoms with Gasteiger partial charge >= 0.3 is 5.63 Å². The fourth-order valence-corrected chi connectivity index (χ4v) is 3.24. The van der Waals surface area contributed by atoms with Gasteiger partial charge < -0.3 is 9.73 Å². The second-order valence-corrected chi connectivity index (χ2v) is 7.54. The predicted molar refractivity (Wildman–Crippen MR) is 95.6 cm³/mol. The average molecular weight is 348 g/mol. The van der Waals surface area contributed by atoms with Crippen molar-refractivity contribution < 1.29 is 9.21 Å². The van der Waals surface area contributed by atoms with Gasteiger partial charge in [-0.15, -0.1) is 11.3 Å². The van der Waals surface area contributed by atoms with Gasteiger partial charge in [0.25, 0.3) is 5.91 Å². The molecular weight excluding hydrogens is 324 g/mol. The molecular formula is C18H24N2O3S. The van der Waals surface area contributed by atoms with Crippen LogP contribution in [0.5, 0.6) is 0 Å². The van der Waals surface area contributed by atoms with Gasteiger partial charge in [0.1, 0.15) is 11.3 Å². The lowest BCUT2D eigenvalue weighted by atomic mass is 10.0. The summed E-state index contributed by atoms with van der Waals surface area (Å²) in [5, 5.41) is 2.84. The lowest BCUT2D eigenvalue weighted by Gasteiger charge is -2.14. The number of hydrogen-bond acceptors (Lipinski definition) is 5. The Hall–Kier alpha value is -1.95. The van der Waals surface area contributed by atoms with Crippen molar-refractivity contribution in [3.8, 4) is 0 Å². The summed E-state index contributed by atoms with van der Waals surface area (Å²) in [6, 6.07) is 1.53. The molecule has 130 valence electrons. The van der Waals surface area contributed by atoms with Crippen molar-refractivity contribution >= 4 is 17.2 Å². The molecule has 0 saturated carbocycles. The number of carbonyl (C=O) groups is 1. The summed E-state index contributed by atoms with van der Waals surface area (Å²) in [7, 11) is 0. The summed E-state index contributed by atoms with van der Waals surface area (Å²) in [5.41, 5.74) is 2.71. The highest BCUT2D eigenvalue weighted by atomic mass is 32.1. The first-order valence-electron chi connectivity index (χ1n) is 8.14. The SMILES string of the molecule is Cc1cc(CCC(C)C)oc(=O)c1C(=O)NC(C)c1ncsc1C. The Labute approximate surface area is 146 Å². The van der Waals surface area contributed by atoms with E-state index >= 15 is 0 Å². The number of aromatic nitrogens is 1. The standard InChI is InChI=1S/C18H24N2O3S/c1-10(2)6-7-14-8-11(3)15(18(22)23-14)17(21)20-12(4)16-13(5)24-9-19-16/h8-10,12H,6-7H2,1-5H3,(H,20,21). The molecule has 1 amide bonds. The Bertz CT molecular complexity index is 777. The molecule has 1 unspecified atom stereocenters. The van der Waals surface area contributed by atoms with E-state index < -0.39 is 11.5 Å². The lowest BCUT2D eigenvalue weighted by Crippen LogP contribution is -2.32. The van der Waals surface area contributed by atoms with E-state index in [0.717, 1.165) is 17.0 Å². The number of hydrogen-bond donors (Lipinski definition) is 1. The number of aryl methyl sites for hydroxylation is 3. The molecule has 2 aromatic rings. The van der Waals surface area contributed by atoms with Gasteiger partial charge in [0.2, 0.25) is 0 Å². The van der Waals surface area contributed by atoms with Gasteiger partial charge in [0.15, 0.2) is 0 Å². The molecule has 0 saturated heterocycles. The molecule has 5 nitrogen and oxygen atoms in total. The molecule has 2 aromatic heterocycles. The second-order valence-electron chi connectivity index (χ2n) is 6.48. The van der Waals surface area contributed by atoms with E-state index in [1.165, 1.54) is 11.3 Å².